The molecule has 0 aliphatic heterocycles. The lowest BCUT2D eigenvalue weighted by atomic mass is 10.1. The molecule has 3 nitrogen and oxygen atoms in total. The highest BCUT2D eigenvalue weighted by Crippen LogP contribution is 2.32. The third kappa shape index (κ3) is 2.31. The van der Waals surface area contributed by atoms with Crippen molar-refractivity contribution in [1.29, 1.82) is 0 Å². The molecule has 18 heavy (non-hydrogen) atoms. The number of H-pyrrole nitrogens is 1. The van der Waals surface area contributed by atoms with Crippen LogP contribution in [0.4, 0.5) is 0 Å². The number of fused-ring (bicyclic) bond motifs is 1. The Balaban J connectivity index is 1.82. The van der Waals surface area contributed by atoms with Crippen LogP contribution in [-0.4, -0.2) is 11.0 Å². The minimum atomic E-state index is 0.0178. The molecule has 1 atom stereocenters. The summed E-state index contributed by atoms with van der Waals surface area (Å²) >= 11 is 0. The fourth-order valence-corrected chi connectivity index (χ4v) is 2.36. The van der Waals surface area contributed by atoms with Gasteiger partial charge in [-0.05, 0) is 43.2 Å². The summed E-state index contributed by atoms with van der Waals surface area (Å²) in [6, 6.07) is 10.4. The second-order valence-corrected chi connectivity index (χ2v) is 5.22. The van der Waals surface area contributed by atoms with Crippen LogP contribution in [0.1, 0.15) is 25.3 Å². The highest BCUT2D eigenvalue weighted by molar-refractivity contribution is 5.78. The van der Waals surface area contributed by atoms with Crippen molar-refractivity contribution in [3.05, 3.63) is 46.2 Å². The third-order valence-corrected chi connectivity index (χ3v) is 3.77. The van der Waals surface area contributed by atoms with E-state index in [9.17, 15) is 4.79 Å². The van der Waals surface area contributed by atoms with E-state index >= 15 is 0 Å². The molecule has 2 N–H and O–H groups in total. The second-order valence-electron chi connectivity index (χ2n) is 5.22. The largest absolute Gasteiger partial charge is 0.322 e. The Bertz CT molecular complexity index is 613. The van der Waals surface area contributed by atoms with E-state index in [1.165, 1.54) is 12.8 Å². The molecule has 1 heterocycles. The lowest BCUT2D eigenvalue weighted by molar-refractivity contribution is 0.495. The molecule has 1 aliphatic carbocycles. The molecular formula is C15H18N2O. The number of pyridine rings is 1. The smallest absolute Gasteiger partial charge is 0.252 e. The van der Waals surface area contributed by atoms with E-state index in [2.05, 4.69) is 17.2 Å². The third-order valence-electron chi connectivity index (χ3n) is 3.77. The Kier molecular flexibility index (Phi) is 2.92. The van der Waals surface area contributed by atoms with Crippen molar-refractivity contribution >= 4 is 10.9 Å². The number of hydrogen-bond acceptors (Lipinski definition) is 2. The topological polar surface area (TPSA) is 44.9 Å². The molecule has 1 aliphatic rings. The second kappa shape index (κ2) is 4.58. The zero-order valence-electron chi connectivity index (χ0n) is 10.6. The van der Waals surface area contributed by atoms with Gasteiger partial charge in [0, 0.05) is 23.7 Å². The maximum absolute atomic E-state index is 11.9. The van der Waals surface area contributed by atoms with Crippen LogP contribution in [0.3, 0.4) is 0 Å². The summed E-state index contributed by atoms with van der Waals surface area (Å²) in [6.07, 6.45) is 2.64. The first-order chi connectivity index (χ1) is 8.74. The van der Waals surface area contributed by atoms with E-state index in [0.29, 0.717) is 12.6 Å². The van der Waals surface area contributed by atoms with Crippen LogP contribution in [0, 0.1) is 5.92 Å². The normalized spacial score (nSPS) is 16.9. The molecule has 1 saturated carbocycles. The van der Waals surface area contributed by atoms with Crippen LogP contribution in [0.5, 0.6) is 0 Å². The molecule has 1 aromatic carbocycles. The van der Waals surface area contributed by atoms with E-state index in [-0.39, 0.29) is 5.56 Å². The molecule has 3 rings (SSSR count). The van der Waals surface area contributed by atoms with Gasteiger partial charge in [-0.15, -0.1) is 0 Å². The summed E-state index contributed by atoms with van der Waals surface area (Å²) in [4.78, 5) is 14.9. The highest BCUT2D eigenvalue weighted by atomic mass is 16.1. The van der Waals surface area contributed by atoms with Crippen LogP contribution in [0.25, 0.3) is 10.9 Å². The predicted molar refractivity (Wildman–Crippen MR) is 73.6 cm³/mol. The van der Waals surface area contributed by atoms with Gasteiger partial charge in [-0.25, -0.2) is 0 Å². The minimum Gasteiger partial charge on any atom is -0.322 e. The molecule has 1 unspecified atom stereocenters. The lowest BCUT2D eigenvalue weighted by Gasteiger charge is -2.12. The first kappa shape index (κ1) is 11.5. The van der Waals surface area contributed by atoms with E-state index in [1.54, 1.807) is 0 Å². The zero-order valence-corrected chi connectivity index (χ0v) is 10.6. The fourth-order valence-electron chi connectivity index (χ4n) is 2.36. The Morgan fingerprint density at radius 1 is 1.39 bits per heavy atom. The van der Waals surface area contributed by atoms with E-state index in [4.69, 9.17) is 0 Å². The van der Waals surface area contributed by atoms with Crippen LogP contribution in [0.2, 0.25) is 0 Å². The minimum absolute atomic E-state index is 0.0178. The number of nitrogens with one attached hydrogen (secondary N) is 2. The summed E-state index contributed by atoms with van der Waals surface area (Å²) in [5, 5.41) is 4.54. The van der Waals surface area contributed by atoms with E-state index < -0.39 is 0 Å². The van der Waals surface area contributed by atoms with Crippen molar-refractivity contribution in [2.75, 3.05) is 0 Å². The summed E-state index contributed by atoms with van der Waals surface area (Å²) < 4.78 is 0. The molecule has 0 radical (unpaired) electrons. The van der Waals surface area contributed by atoms with Gasteiger partial charge in [0.05, 0.1) is 0 Å². The van der Waals surface area contributed by atoms with E-state index in [0.717, 1.165) is 22.4 Å². The monoisotopic (exact) mass is 242 g/mol. The number of para-hydroxylation sites is 1. The SMILES string of the molecule is CC(NCc1cc2ccccc2[nH]c1=O)C1CC1. The van der Waals surface area contributed by atoms with Gasteiger partial charge in [-0.1, -0.05) is 18.2 Å². The van der Waals surface area contributed by atoms with Crippen LogP contribution in [-0.2, 0) is 6.54 Å². The Labute approximate surface area is 106 Å². The first-order valence-electron chi connectivity index (χ1n) is 6.58. The van der Waals surface area contributed by atoms with Crippen molar-refractivity contribution in [2.24, 2.45) is 5.92 Å². The van der Waals surface area contributed by atoms with Crippen molar-refractivity contribution in [3.8, 4) is 0 Å². The number of hydrogen-bond donors (Lipinski definition) is 2. The van der Waals surface area contributed by atoms with Gasteiger partial charge in [-0.3, -0.25) is 4.79 Å². The van der Waals surface area contributed by atoms with Gasteiger partial charge in [0.25, 0.3) is 5.56 Å². The average molecular weight is 242 g/mol. The number of benzene rings is 1. The van der Waals surface area contributed by atoms with Crippen LogP contribution in [0.15, 0.2) is 35.1 Å². The molecule has 3 heteroatoms. The van der Waals surface area contributed by atoms with Crippen molar-refractivity contribution in [3.63, 3.8) is 0 Å². The van der Waals surface area contributed by atoms with Gasteiger partial charge >= 0.3 is 0 Å². The maximum atomic E-state index is 11.9. The summed E-state index contributed by atoms with van der Waals surface area (Å²) in [5.74, 6) is 0.810. The summed E-state index contributed by atoms with van der Waals surface area (Å²) in [7, 11) is 0. The first-order valence-corrected chi connectivity index (χ1v) is 6.58. The van der Waals surface area contributed by atoms with Crippen LogP contribution < -0.4 is 10.9 Å². The Hall–Kier alpha value is -1.61. The molecule has 0 amide bonds. The van der Waals surface area contributed by atoms with Crippen molar-refractivity contribution in [1.82, 2.24) is 10.3 Å². The number of aromatic amines is 1. The summed E-state index contributed by atoms with van der Waals surface area (Å²) in [6.45, 7) is 2.85. The average Bonchev–Trinajstić information content (AvgIpc) is 3.20. The Morgan fingerprint density at radius 2 is 2.17 bits per heavy atom. The van der Waals surface area contributed by atoms with Crippen molar-refractivity contribution in [2.45, 2.75) is 32.4 Å². The lowest BCUT2D eigenvalue weighted by Crippen LogP contribution is -2.30. The predicted octanol–water partition coefficient (Wildman–Crippen LogP) is 2.42. The molecule has 1 aromatic heterocycles. The van der Waals surface area contributed by atoms with E-state index in [1.807, 2.05) is 30.3 Å². The number of aromatic nitrogens is 1. The van der Waals surface area contributed by atoms with Gasteiger partial charge in [-0.2, -0.15) is 0 Å². The molecular weight excluding hydrogens is 224 g/mol. The van der Waals surface area contributed by atoms with Crippen molar-refractivity contribution < 1.29 is 0 Å². The molecule has 0 bridgehead atoms. The standard InChI is InChI=1S/C15H18N2O/c1-10(11-6-7-11)16-9-13-8-12-4-2-3-5-14(12)17-15(13)18/h2-5,8,10-11,16H,6-7,9H2,1H3,(H,17,18). The van der Waals surface area contributed by atoms with Gasteiger partial charge in [0.2, 0.25) is 0 Å². The zero-order chi connectivity index (χ0) is 12.5. The number of rotatable bonds is 4. The van der Waals surface area contributed by atoms with Gasteiger partial charge in [0.1, 0.15) is 0 Å². The fraction of sp³-hybridized carbons (Fsp3) is 0.400. The molecule has 0 spiro atoms. The molecule has 2 aromatic rings. The highest BCUT2D eigenvalue weighted by Gasteiger charge is 2.27. The quantitative estimate of drug-likeness (QED) is 0.864. The Morgan fingerprint density at radius 3 is 2.94 bits per heavy atom. The van der Waals surface area contributed by atoms with Gasteiger partial charge in [0.15, 0.2) is 0 Å². The van der Waals surface area contributed by atoms with Gasteiger partial charge < -0.3 is 10.3 Å². The summed E-state index contributed by atoms with van der Waals surface area (Å²) in [5.41, 5.74) is 1.74. The molecule has 1 fully saturated rings. The molecule has 94 valence electrons. The molecule has 0 saturated heterocycles. The van der Waals surface area contributed by atoms with Crippen LogP contribution >= 0.6 is 0 Å². The maximum Gasteiger partial charge on any atom is 0.252 e.